The van der Waals surface area contributed by atoms with Gasteiger partial charge in [-0.15, -0.1) is 0 Å². The summed E-state index contributed by atoms with van der Waals surface area (Å²) in [6.45, 7) is 4.06. The number of fused-ring (bicyclic) bond motifs is 1. The second-order valence-electron chi connectivity index (χ2n) is 7.05. The minimum absolute atomic E-state index is 0.0910. The van der Waals surface area contributed by atoms with Gasteiger partial charge >= 0.3 is 5.97 Å². The first-order chi connectivity index (χ1) is 15.4. The highest BCUT2D eigenvalue weighted by molar-refractivity contribution is 7.16. The second kappa shape index (κ2) is 10.7. The third-order valence-electron chi connectivity index (χ3n) is 4.58. The molecule has 0 radical (unpaired) electrons. The van der Waals surface area contributed by atoms with Crippen molar-refractivity contribution in [1.82, 2.24) is 4.57 Å². The molecule has 1 heterocycles. The molecule has 1 aromatic heterocycles. The number of carbonyl (C=O) groups excluding carboxylic acids is 3. The maximum Gasteiger partial charge on any atom is 0.325 e. The summed E-state index contributed by atoms with van der Waals surface area (Å²) in [5.74, 6) is -0.385. The first kappa shape index (κ1) is 23.2. The molecule has 3 aromatic rings. The van der Waals surface area contributed by atoms with Gasteiger partial charge in [-0.1, -0.05) is 24.7 Å². The van der Waals surface area contributed by atoms with Gasteiger partial charge in [-0.05, 0) is 48.9 Å². The lowest BCUT2D eigenvalue weighted by Crippen LogP contribution is -2.22. The van der Waals surface area contributed by atoms with Crippen LogP contribution in [0.5, 0.6) is 5.75 Å². The van der Waals surface area contributed by atoms with Crippen LogP contribution in [0.3, 0.4) is 0 Å². The van der Waals surface area contributed by atoms with Crippen LogP contribution >= 0.6 is 11.3 Å². The number of carbonyl (C=O) groups is 3. The SMILES string of the molecule is CCCCOc1ccc(C(=O)N=c2sc3cc(NC(C)=O)ccc3n2CC(=O)OC)cc1. The van der Waals surface area contributed by atoms with Gasteiger partial charge in [0, 0.05) is 18.2 Å². The molecule has 0 saturated carbocycles. The number of ether oxygens (including phenoxy) is 2. The molecule has 1 N–H and O–H groups in total. The Morgan fingerprint density at radius 3 is 2.53 bits per heavy atom. The van der Waals surface area contributed by atoms with Crippen LogP contribution in [0, 0.1) is 0 Å². The van der Waals surface area contributed by atoms with Crippen LogP contribution in [0.25, 0.3) is 10.2 Å². The number of hydrogen-bond acceptors (Lipinski definition) is 6. The number of esters is 1. The molecule has 0 fully saturated rings. The number of hydrogen-bond donors (Lipinski definition) is 1. The molecule has 0 aliphatic rings. The minimum atomic E-state index is -0.460. The standard InChI is InChI=1S/C23H25N3O5S/c1-4-5-12-31-18-9-6-16(7-10-18)22(29)25-23-26(14-21(28)30-3)19-11-8-17(24-15(2)27)13-20(19)32-23/h6-11,13H,4-5,12,14H2,1-3H3,(H,24,27). The van der Waals surface area contributed by atoms with Gasteiger partial charge < -0.3 is 19.4 Å². The van der Waals surface area contributed by atoms with Crippen LogP contribution in [0.1, 0.15) is 37.0 Å². The number of rotatable bonds is 8. The summed E-state index contributed by atoms with van der Waals surface area (Å²) in [7, 11) is 1.30. The topological polar surface area (TPSA) is 99.0 Å². The summed E-state index contributed by atoms with van der Waals surface area (Å²) in [5.41, 5.74) is 1.74. The molecule has 8 nitrogen and oxygen atoms in total. The molecular formula is C23H25N3O5S. The number of nitrogens with one attached hydrogen (secondary N) is 1. The molecule has 32 heavy (non-hydrogen) atoms. The van der Waals surface area contributed by atoms with E-state index in [4.69, 9.17) is 9.47 Å². The highest BCUT2D eigenvalue weighted by Gasteiger charge is 2.13. The van der Waals surface area contributed by atoms with E-state index in [1.807, 2.05) is 0 Å². The van der Waals surface area contributed by atoms with Crippen molar-refractivity contribution >= 4 is 45.0 Å². The predicted octanol–water partition coefficient (Wildman–Crippen LogP) is 3.75. The Bertz CT molecular complexity index is 1190. The van der Waals surface area contributed by atoms with E-state index in [0.717, 1.165) is 17.5 Å². The molecule has 0 atom stereocenters. The fourth-order valence-electron chi connectivity index (χ4n) is 2.97. The Hall–Kier alpha value is -3.46. The molecule has 0 saturated heterocycles. The van der Waals surface area contributed by atoms with Gasteiger partial charge in [0.1, 0.15) is 12.3 Å². The van der Waals surface area contributed by atoms with Gasteiger partial charge in [0.15, 0.2) is 4.80 Å². The fraction of sp³-hybridized carbons (Fsp3) is 0.304. The number of methoxy groups -OCH3 is 1. The van der Waals surface area contributed by atoms with Crippen molar-refractivity contribution in [2.24, 2.45) is 4.99 Å². The first-order valence-electron chi connectivity index (χ1n) is 10.2. The van der Waals surface area contributed by atoms with Crippen molar-refractivity contribution in [1.29, 1.82) is 0 Å². The molecule has 0 bridgehead atoms. The number of benzene rings is 2. The van der Waals surface area contributed by atoms with Gasteiger partial charge in [0.05, 0.1) is 23.9 Å². The third-order valence-corrected chi connectivity index (χ3v) is 5.62. The average Bonchev–Trinajstić information content (AvgIpc) is 3.09. The largest absolute Gasteiger partial charge is 0.494 e. The van der Waals surface area contributed by atoms with Crippen LogP contribution < -0.4 is 14.9 Å². The quantitative estimate of drug-likeness (QED) is 0.412. The zero-order chi connectivity index (χ0) is 23.1. The van der Waals surface area contributed by atoms with Crippen molar-refractivity contribution in [2.45, 2.75) is 33.2 Å². The summed E-state index contributed by atoms with van der Waals surface area (Å²) >= 11 is 1.25. The van der Waals surface area contributed by atoms with E-state index in [1.165, 1.54) is 25.4 Å². The molecule has 2 amide bonds. The molecule has 0 aliphatic carbocycles. The molecule has 9 heteroatoms. The van der Waals surface area contributed by atoms with E-state index in [1.54, 1.807) is 47.0 Å². The van der Waals surface area contributed by atoms with Gasteiger partial charge in [0.25, 0.3) is 5.91 Å². The number of thiazole rings is 1. The van der Waals surface area contributed by atoms with Gasteiger partial charge in [0.2, 0.25) is 5.91 Å². The molecule has 0 aliphatic heterocycles. The molecule has 168 valence electrons. The minimum Gasteiger partial charge on any atom is -0.494 e. The maximum absolute atomic E-state index is 12.8. The average molecular weight is 456 g/mol. The van der Waals surface area contributed by atoms with E-state index in [9.17, 15) is 14.4 Å². The van der Waals surface area contributed by atoms with Crippen LogP contribution in [0.4, 0.5) is 5.69 Å². The van der Waals surface area contributed by atoms with Crippen LogP contribution in [-0.4, -0.2) is 36.1 Å². The van der Waals surface area contributed by atoms with E-state index in [2.05, 4.69) is 17.2 Å². The molecule has 3 rings (SSSR count). The van der Waals surface area contributed by atoms with E-state index in [-0.39, 0.29) is 12.5 Å². The fourth-order valence-corrected chi connectivity index (χ4v) is 4.03. The number of amides is 2. The molecular weight excluding hydrogens is 430 g/mol. The van der Waals surface area contributed by atoms with Gasteiger partial charge in [-0.25, -0.2) is 0 Å². The number of anilines is 1. The highest BCUT2D eigenvalue weighted by Crippen LogP contribution is 2.22. The maximum atomic E-state index is 12.8. The summed E-state index contributed by atoms with van der Waals surface area (Å²) in [6.07, 6.45) is 2.01. The Balaban J connectivity index is 1.95. The van der Waals surface area contributed by atoms with Crippen molar-refractivity contribution in [3.8, 4) is 5.75 Å². The third kappa shape index (κ3) is 5.82. The Labute approximate surface area is 189 Å². The van der Waals surface area contributed by atoms with Crippen LogP contribution in [-0.2, 0) is 20.9 Å². The lowest BCUT2D eigenvalue weighted by atomic mass is 10.2. The summed E-state index contributed by atoms with van der Waals surface area (Å²) < 4.78 is 12.8. The van der Waals surface area contributed by atoms with E-state index >= 15 is 0 Å². The lowest BCUT2D eigenvalue weighted by Gasteiger charge is -2.06. The first-order valence-corrected chi connectivity index (χ1v) is 11.0. The normalized spacial score (nSPS) is 11.4. The van der Waals surface area contributed by atoms with Crippen molar-refractivity contribution in [3.63, 3.8) is 0 Å². The highest BCUT2D eigenvalue weighted by atomic mass is 32.1. The Kier molecular flexibility index (Phi) is 7.77. The summed E-state index contributed by atoms with van der Waals surface area (Å²) in [6, 6.07) is 12.1. The summed E-state index contributed by atoms with van der Waals surface area (Å²) in [5, 5.41) is 2.73. The Morgan fingerprint density at radius 1 is 1.12 bits per heavy atom. The van der Waals surface area contributed by atoms with Crippen LogP contribution in [0.15, 0.2) is 47.5 Å². The molecule has 2 aromatic carbocycles. The number of nitrogens with zero attached hydrogens (tertiary/aromatic N) is 2. The van der Waals surface area contributed by atoms with Crippen molar-refractivity contribution in [2.75, 3.05) is 19.0 Å². The lowest BCUT2D eigenvalue weighted by molar-refractivity contribution is -0.141. The van der Waals surface area contributed by atoms with Crippen molar-refractivity contribution in [3.05, 3.63) is 52.8 Å². The van der Waals surface area contributed by atoms with E-state index < -0.39 is 11.9 Å². The van der Waals surface area contributed by atoms with Gasteiger partial charge in [-0.3, -0.25) is 14.4 Å². The van der Waals surface area contributed by atoms with Crippen molar-refractivity contribution < 1.29 is 23.9 Å². The van der Waals surface area contributed by atoms with E-state index in [0.29, 0.717) is 33.9 Å². The summed E-state index contributed by atoms with van der Waals surface area (Å²) in [4.78, 5) is 40.7. The molecule has 0 spiro atoms. The molecule has 0 unspecified atom stereocenters. The monoisotopic (exact) mass is 455 g/mol. The van der Waals surface area contributed by atoms with Gasteiger partial charge in [-0.2, -0.15) is 4.99 Å². The zero-order valence-corrected chi connectivity index (χ0v) is 19.0. The second-order valence-corrected chi connectivity index (χ2v) is 8.06. The smallest absolute Gasteiger partial charge is 0.325 e. The Morgan fingerprint density at radius 2 is 1.88 bits per heavy atom. The van der Waals surface area contributed by atoms with Crippen LogP contribution in [0.2, 0.25) is 0 Å². The zero-order valence-electron chi connectivity index (χ0n) is 18.2. The number of unbranched alkanes of at least 4 members (excludes halogenated alkanes) is 1. The number of aromatic nitrogens is 1. The predicted molar refractivity (Wildman–Crippen MR) is 123 cm³/mol.